The SMILES string of the molecule is Cc1cc(O)c(C(=O)Nc2ccc(Cl)c(Cl)c2)c(=O)n1CCCN1CCOCC1. The van der Waals surface area contributed by atoms with E-state index in [-0.39, 0.29) is 16.3 Å². The molecule has 0 unspecified atom stereocenters. The van der Waals surface area contributed by atoms with Crippen molar-refractivity contribution in [3.63, 3.8) is 0 Å². The lowest BCUT2D eigenvalue weighted by Crippen LogP contribution is -2.37. The van der Waals surface area contributed by atoms with Crippen LogP contribution in [0.4, 0.5) is 5.69 Å². The molecule has 7 nitrogen and oxygen atoms in total. The van der Waals surface area contributed by atoms with Gasteiger partial charge >= 0.3 is 0 Å². The molecule has 1 aliphatic rings. The van der Waals surface area contributed by atoms with Crippen molar-refractivity contribution in [1.82, 2.24) is 9.47 Å². The van der Waals surface area contributed by atoms with E-state index in [1.54, 1.807) is 19.1 Å². The van der Waals surface area contributed by atoms with Gasteiger partial charge in [0.2, 0.25) is 0 Å². The Hall–Kier alpha value is -2.06. The first-order chi connectivity index (χ1) is 13.9. The number of hydrogen-bond acceptors (Lipinski definition) is 5. The number of halogens is 2. The number of aromatic hydroxyl groups is 1. The fourth-order valence-electron chi connectivity index (χ4n) is 3.29. The zero-order chi connectivity index (χ0) is 21.0. The van der Waals surface area contributed by atoms with Gasteiger partial charge in [0.15, 0.2) is 0 Å². The number of carbonyl (C=O) groups excluding carboxylic acids is 1. The van der Waals surface area contributed by atoms with Crippen LogP contribution in [0.5, 0.6) is 5.75 Å². The maximum atomic E-state index is 12.9. The van der Waals surface area contributed by atoms with E-state index in [1.165, 1.54) is 16.7 Å². The number of carbonyl (C=O) groups is 1. The number of benzene rings is 1. The van der Waals surface area contributed by atoms with E-state index >= 15 is 0 Å². The van der Waals surface area contributed by atoms with Crippen molar-refractivity contribution in [1.29, 1.82) is 0 Å². The summed E-state index contributed by atoms with van der Waals surface area (Å²) < 4.78 is 6.85. The summed E-state index contributed by atoms with van der Waals surface area (Å²) >= 11 is 11.8. The normalized spacial score (nSPS) is 14.7. The minimum atomic E-state index is -0.701. The molecule has 1 aliphatic heterocycles. The number of rotatable bonds is 6. The number of ether oxygens (including phenoxy) is 1. The van der Waals surface area contributed by atoms with Gasteiger partial charge in [-0.25, -0.2) is 0 Å². The number of pyridine rings is 1. The second kappa shape index (κ2) is 9.63. The van der Waals surface area contributed by atoms with E-state index in [2.05, 4.69) is 10.2 Å². The molecule has 0 saturated carbocycles. The lowest BCUT2D eigenvalue weighted by atomic mass is 10.2. The van der Waals surface area contributed by atoms with Gasteiger partial charge in [-0.1, -0.05) is 23.2 Å². The molecule has 2 heterocycles. The van der Waals surface area contributed by atoms with Crippen LogP contribution in [-0.2, 0) is 11.3 Å². The highest BCUT2D eigenvalue weighted by Crippen LogP contribution is 2.25. The molecule has 0 spiro atoms. The van der Waals surface area contributed by atoms with Gasteiger partial charge in [-0.15, -0.1) is 0 Å². The van der Waals surface area contributed by atoms with Crippen LogP contribution < -0.4 is 10.9 Å². The predicted octanol–water partition coefficient (Wildman–Crippen LogP) is 3.14. The lowest BCUT2D eigenvalue weighted by Gasteiger charge is -2.26. The maximum Gasteiger partial charge on any atom is 0.267 e. The Balaban J connectivity index is 1.75. The van der Waals surface area contributed by atoms with Crippen molar-refractivity contribution in [3.8, 4) is 5.75 Å². The van der Waals surface area contributed by atoms with Gasteiger partial charge in [0.1, 0.15) is 11.3 Å². The maximum absolute atomic E-state index is 12.9. The summed E-state index contributed by atoms with van der Waals surface area (Å²) in [5.41, 5.74) is 0.151. The van der Waals surface area contributed by atoms with Crippen LogP contribution in [-0.4, -0.2) is 53.3 Å². The summed E-state index contributed by atoms with van der Waals surface area (Å²) in [6, 6.07) is 6.02. The third-order valence-electron chi connectivity index (χ3n) is 4.85. The molecule has 1 saturated heterocycles. The van der Waals surface area contributed by atoms with Crippen molar-refractivity contribution in [2.24, 2.45) is 0 Å². The van der Waals surface area contributed by atoms with Crippen LogP contribution in [0.3, 0.4) is 0 Å². The molecule has 1 fully saturated rings. The van der Waals surface area contributed by atoms with E-state index in [9.17, 15) is 14.7 Å². The third kappa shape index (κ3) is 5.30. The summed E-state index contributed by atoms with van der Waals surface area (Å²) in [5.74, 6) is -1.05. The second-order valence-corrected chi connectivity index (χ2v) is 7.71. The van der Waals surface area contributed by atoms with Crippen LogP contribution in [0.1, 0.15) is 22.5 Å². The average molecular weight is 440 g/mol. The molecule has 0 radical (unpaired) electrons. The van der Waals surface area contributed by atoms with Crippen molar-refractivity contribution in [3.05, 3.63) is 55.9 Å². The van der Waals surface area contributed by atoms with Crippen molar-refractivity contribution >= 4 is 34.8 Å². The molecule has 0 bridgehead atoms. The highest BCUT2D eigenvalue weighted by atomic mass is 35.5. The number of aryl methyl sites for hydroxylation is 1. The number of anilines is 1. The summed E-state index contributed by atoms with van der Waals surface area (Å²) in [5, 5.41) is 13.4. The Labute approximate surface area is 178 Å². The van der Waals surface area contributed by atoms with Crippen molar-refractivity contribution in [2.45, 2.75) is 19.9 Å². The van der Waals surface area contributed by atoms with E-state index < -0.39 is 11.5 Å². The number of nitrogens with zero attached hydrogens (tertiary/aromatic N) is 2. The largest absolute Gasteiger partial charge is 0.507 e. The van der Waals surface area contributed by atoms with E-state index in [0.29, 0.717) is 22.9 Å². The van der Waals surface area contributed by atoms with Gasteiger partial charge in [0, 0.05) is 43.6 Å². The van der Waals surface area contributed by atoms with Gasteiger partial charge in [-0.2, -0.15) is 0 Å². The van der Waals surface area contributed by atoms with Gasteiger partial charge in [-0.3, -0.25) is 14.5 Å². The predicted molar refractivity (Wildman–Crippen MR) is 113 cm³/mol. The molecule has 1 aromatic carbocycles. The second-order valence-electron chi connectivity index (χ2n) is 6.89. The molecule has 2 N–H and O–H groups in total. The molecule has 156 valence electrons. The first-order valence-electron chi connectivity index (χ1n) is 9.36. The first kappa shape index (κ1) is 21.6. The zero-order valence-corrected chi connectivity index (χ0v) is 17.6. The smallest absolute Gasteiger partial charge is 0.267 e. The standard InChI is InChI=1S/C20H23Cl2N3O4/c1-13-11-17(26)18(19(27)23-14-3-4-15(21)16(22)12-14)20(28)25(13)6-2-5-24-7-9-29-10-8-24/h3-4,11-12,26H,2,5-10H2,1H3,(H,23,27). The molecule has 1 amide bonds. The summed E-state index contributed by atoms with van der Waals surface area (Å²) in [7, 11) is 0. The topological polar surface area (TPSA) is 83.8 Å². The minimum absolute atomic E-state index is 0.276. The summed E-state index contributed by atoms with van der Waals surface area (Å²) in [4.78, 5) is 27.8. The number of amides is 1. The first-order valence-corrected chi connectivity index (χ1v) is 10.1. The molecule has 29 heavy (non-hydrogen) atoms. The van der Waals surface area contributed by atoms with Gasteiger partial charge < -0.3 is 19.7 Å². The zero-order valence-electron chi connectivity index (χ0n) is 16.1. The molecular weight excluding hydrogens is 417 g/mol. The van der Waals surface area contributed by atoms with Crippen LogP contribution in [0.2, 0.25) is 10.0 Å². The monoisotopic (exact) mass is 439 g/mol. The van der Waals surface area contributed by atoms with Gasteiger partial charge in [0.05, 0.1) is 23.3 Å². The molecule has 9 heteroatoms. The van der Waals surface area contributed by atoms with Crippen molar-refractivity contribution < 1.29 is 14.6 Å². The van der Waals surface area contributed by atoms with Gasteiger partial charge in [0.25, 0.3) is 11.5 Å². The Kier molecular flexibility index (Phi) is 7.18. The number of morpholine rings is 1. The molecule has 2 aromatic rings. The average Bonchev–Trinajstić information content (AvgIpc) is 2.68. The van der Waals surface area contributed by atoms with Crippen LogP contribution in [0.15, 0.2) is 29.1 Å². The molecule has 3 rings (SSSR count). The Morgan fingerprint density at radius 3 is 2.59 bits per heavy atom. The highest BCUT2D eigenvalue weighted by molar-refractivity contribution is 6.42. The fourth-order valence-corrected chi connectivity index (χ4v) is 3.59. The number of nitrogens with one attached hydrogen (secondary N) is 1. The van der Waals surface area contributed by atoms with Crippen molar-refractivity contribution in [2.75, 3.05) is 38.2 Å². The Bertz CT molecular complexity index is 955. The van der Waals surface area contributed by atoms with Crippen LogP contribution >= 0.6 is 23.2 Å². The molecule has 0 aliphatic carbocycles. The summed E-state index contributed by atoms with van der Waals surface area (Å²) in [6.07, 6.45) is 0.749. The fraction of sp³-hybridized carbons (Fsp3) is 0.400. The van der Waals surface area contributed by atoms with E-state index in [1.807, 2.05) is 0 Å². The number of hydrogen-bond donors (Lipinski definition) is 2. The summed E-state index contributed by atoms with van der Waals surface area (Å²) in [6.45, 7) is 6.21. The molecule has 0 atom stereocenters. The lowest BCUT2D eigenvalue weighted by molar-refractivity contribution is 0.0369. The molecule has 1 aromatic heterocycles. The quantitative estimate of drug-likeness (QED) is 0.721. The highest BCUT2D eigenvalue weighted by Gasteiger charge is 2.20. The van der Waals surface area contributed by atoms with E-state index in [4.69, 9.17) is 27.9 Å². The van der Waals surface area contributed by atoms with Crippen LogP contribution in [0, 0.1) is 6.92 Å². The number of aromatic nitrogens is 1. The Morgan fingerprint density at radius 2 is 1.90 bits per heavy atom. The van der Waals surface area contributed by atoms with Crippen LogP contribution in [0.25, 0.3) is 0 Å². The molecular formula is C20H23Cl2N3O4. The Morgan fingerprint density at radius 1 is 1.17 bits per heavy atom. The van der Waals surface area contributed by atoms with Gasteiger partial charge in [-0.05, 0) is 31.5 Å². The minimum Gasteiger partial charge on any atom is -0.507 e. The third-order valence-corrected chi connectivity index (χ3v) is 5.59. The van der Waals surface area contributed by atoms with E-state index in [0.717, 1.165) is 39.3 Å².